The van der Waals surface area contributed by atoms with Crippen LogP contribution in [0.1, 0.15) is 12.8 Å². The number of rotatable bonds is 6. The number of methoxy groups -OCH3 is 1. The molecule has 4 rings (SSSR count). The fraction of sp³-hybridized carbons (Fsp3) is 0.429. The number of phenolic OH excluding ortho intramolecular Hbond substituents is 1. The second-order valence-electron chi connectivity index (χ2n) is 7.33. The van der Waals surface area contributed by atoms with Crippen molar-refractivity contribution in [2.75, 3.05) is 26.1 Å². The molecule has 2 aromatic rings. The first-order valence-electron chi connectivity index (χ1n) is 9.25. The van der Waals surface area contributed by atoms with Crippen LogP contribution in [0.5, 0.6) is 17.2 Å². The molecule has 0 bridgehead atoms. The second kappa shape index (κ2) is 7.98. The molecule has 3 atom stereocenters. The first-order chi connectivity index (χ1) is 13.1. The number of likely N-dealkylation sites (tertiary alicyclic amines) is 1. The monoisotopic (exact) mass is 389 g/mol. The Morgan fingerprint density at radius 1 is 1.11 bits per heavy atom. The van der Waals surface area contributed by atoms with E-state index in [4.69, 9.17) is 9.47 Å². The first kappa shape index (κ1) is 18.4. The molecule has 1 saturated carbocycles. The van der Waals surface area contributed by atoms with Crippen LogP contribution in [0.4, 0.5) is 4.39 Å². The van der Waals surface area contributed by atoms with Crippen molar-refractivity contribution in [3.8, 4) is 17.2 Å². The Balaban J connectivity index is 1.27. The van der Waals surface area contributed by atoms with Crippen LogP contribution in [-0.4, -0.2) is 42.2 Å². The highest BCUT2D eigenvalue weighted by Crippen LogP contribution is 2.41. The van der Waals surface area contributed by atoms with E-state index < -0.39 is 0 Å². The van der Waals surface area contributed by atoms with Crippen molar-refractivity contribution in [3.05, 3.63) is 48.3 Å². The van der Waals surface area contributed by atoms with Gasteiger partial charge in [-0.25, -0.2) is 4.39 Å². The molecular weight excluding hydrogens is 365 g/mol. The molecule has 27 heavy (non-hydrogen) atoms. The van der Waals surface area contributed by atoms with Gasteiger partial charge in [0.1, 0.15) is 11.5 Å². The summed E-state index contributed by atoms with van der Waals surface area (Å²) in [7, 11) is 1.57. The molecule has 0 radical (unpaired) electrons. The van der Waals surface area contributed by atoms with Gasteiger partial charge in [0, 0.05) is 29.9 Å². The van der Waals surface area contributed by atoms with Gasteiger partial charge in [0.15, 0.2) is 11.6 Å². The van der Waals surface area contributed by atoms with Crippen LogP contribution < -0.4 is 9.47 Å². The van der Waals surface area contributed by atoms with Crippen LogP contribution >= 0.6 is 11.8 Å². The minimum absolute atomic E-state index is 0.0773. The van der Waals surface area contributed by atoms with Gasteiger partial charge < -0.3 is 14.6 Å². The average molecular weight is 389 g/mol. The number of ether oxygens (including phenoxy) is 2. The Labute approximate surface area is 163 Å². The summed E-state index contributed by atoms with van der Waals surface area (Å²) >= 11 is 1.79. The van der Waals surface area contributed by atoms with E-state index in [-0.39, 0.29) is 11.9 Å². The zero-order valence-electron chi connectivity index (χ0n) is 15.3. The Morgan fingerprint density at radius 3 is 2.48 bits per heavy atom. The third kappa shape index (κ3) is 4.33. The summed E-state index contributed by atoms with van der Waals surface area (Å²) in [5.41, 5.74) is 0. The minimum Gasteiger partial charge on any atom is -0.508 e. The van der Waals surface area contributed by atoms with E-state index >= 15 is 0 Å². The summed E-state index contributed by atoms with van der Waals surface area (Å²) in [4.78, 5) is 3.65. The Morgan fingerprint density at radius 2 is 1.81 bits per heavy atom. The van der Waals surface area contributed by atoms with Crippen molar-refractivity contribution in [2.24, 2.45) is 11.8 Å². The quantitative estimate of drug-likeness (QED) is 0.743. The summed E-state index contributed by atoms with van der Waals surface area (Å²) in [5.74, 6) is 3.05. The van der Waals surface area contributed by atoms with Gasteiger partial charge in [-0.2, -0.15) is 0 Å². The zero-order valence-corrected chi connectivity index (χ0v) is 16.1. The maximum atomic E-state index is 14.0. The molecule has 1 saturated heterocycles. The maximum absolute atomic E-state index is 14.0. The van der Waals surface area contributed by atoms with Crippen molar-refractivity contribution in [1.82, 2.24) is 4.90 Å². The number of benzene rings is 2. The molecule has 1 aliphatic heterocycles. The smallest absolute Gasteiger partial charge is 0.165 e. The summed E-state index contributed by atoms with van der Waals surface area (Å²) in [6.07, 6.45) is 2.03. The van der Waals surface area contributed by atoms with Gasteiger partial charge in [0.25, 0.3) is 0 Å². The minimum atomic E-state index is -0.334. The van der Waals surface area contributed by atoms with Crippen LogP contribution in [0.25, 0.3) is 0 Å². The van der Waals surface area contributed by atoms with Gasteiger partial charge in [0.2, 0.25) is 0 Å². The van der Waals surface area contributed by atoms with Gasteiger partial charge >= 0.3 is 0 Å². The lowest BCUT2D eigenvalue weighted by Crippen LogP contribution is -2.24. The van der Waals surface area contributed by atoms with Gasteiger partial charge in [0.05, 0.1) is 13.2 Å². The summed E-state index contributed by atoms with van der Waals surface area (Å²) < 4.78 is 25.1. The number of hydrogen-bond donors (Lipinski definition) is 1. The fourth-order valence-electron chi connectivity index (χ4n) is 4.13. The molecule has 6 heteroatoms. The molecule has 0 amide bonds. The highest BCUT2D eigenvalue weighted by atomic mass is 32.2. The molecule has 144 valence electrons. The molecule has 1 aliphatic carbocycles. The summed E-state index contributed by atoms with van der Waals surface area (Å²) in [6.45, 7) is 2.13. The van der Waals surface area contributed by atoms with Crippen LogP contribution in [0.2, 0.25) is 0 Å². The number of thioether (sulfide) groups is 1. The van der Waals surface area contributed by atoms with Crippen LogP contribution in [0.15, 0.2) is 47.4 Å². The van der Waals surface area contributed by atoms with E-state index in [1.807, 2.05) is 12.1 Å². The standard InChI is InChI=1S/C21H24FNO3S/c1-25-17-4-7-20(22)21(10-17)26-18-8-14-11-23(12-15(14)9-18)13-27-19-5-2-16(24)3-6-19/h2-7,10,14-15,18,24H,8-9,11-13H2,1H3/t14-,15+,18?. The molecule has 2 aromatic carbocycles. The van der Waals surface area contributed by atoms with E-state index in [2.05, 4.69) is 4.90 Å². The Bertz CT molecular complexity index is 771. The molecular formula is C21H24FNO3S. The highest BCUT2D eigenvalue weighted by molar-refractivity contribution is 7.99. The molecule has 2 aliphatic rings. The number of hydrogen-bond acceptors (Lipinski definition) is 5. The van der Waals surface area contributed by atoms with Crippen LogP contribution in [0, 0.1) is 17.7 Å². The first-order valence-corrected chi connectivity index (χ1v) is 10.2. The lowest BCUT2D eigenvalue weighted by atomic mass is 10.0. The zero-order chi connectivity index (χ0) is 18.8. The molecule has 0 aromatic heterocycles. The number of phenols is 1. The molecule has 4 nitrogen and oxygen atoms in total. The summed E-state index contributed by atoms with van der Waals surface area (Å²) in [5, 5.41) is 9.36. The van der Waals surface area contributed by atoms with Crippen LogP contribution in [-0.2, 0) is 0 Å². The highest BCUT2D eigenvalue weighted by Gasteiger charge is 2.41. The third-order valence-corrected chi connectivity index (χ3v) is 6.57. The molecule has 0 spiro atoms. The van der Waals surface area contributed by atoms with Crippen LogP contribution in [0.3, 0.4) is 0 Å². The van der Waals surface area contributed by atoms with Crippen molar-refractivity contribution in [3.63, 3.8) is 0 Å². The Kier molecular flexibility index (Phi) is 5.45. The van der Waals surface area contributed by atoms with Crippen molar-refractivity contribution in [2.45, 2.75) is 23.8 Å². The third-order valence-electron chi connectivity index (χ3n) is 5.47. The van der Waals surface area contributed by atoms with Gasteiger partial charge in [-0.15, -0.1) is 11.8 Å². The van der Waals surface area contributed by atoms with Gasteiger partial charge in [-0.3, -0.25) is 4.90 Å². The molecule has 1 N–H and O–H groups in total. The molecule has 2 fully saturated rings. The lowest BCUT2D eigenvalue weighted by molar-refractivity contribution is 0.181. The van der Waals surface area contributed by atoms with E-state index in [0.717, 1.165) is 31.8 Å². The van der Waals surface area contributed by atoms with Crippen molar-refractivity contribution >= 4 is 11.8 Å². The van der Waals surface area contributed by atoms with E-state index in [1.165, 1.54) is 11.0 Å². The normalized spacial score (nSPS) is 24.7. The van der Waals surface area contributed by atoms with Crippen molar-refractivity contribution < 1.29 is 19.0 Å². The molecule has 1 heterocycles. The SMILES string of the molecule is COc1ccc(F)c(OC2C[C@@H]3CN(CSc4ccc(O)cc4)C[C@@H]3C2)c1. The number of halogens is 1. The van der Waals surface area contributed by atoms with Gasteiger partial charge in [-0.05, 0) is 61.1 Å². The Hall–Kier alpha value is -1.92. The van der Waals surface area contributed by atoms with E-state index in [1.54, 1.807) is 43.1 Å². The van der Waals surface area contributed by atoms with E-state index in [0.29, 0.717) is 29.1 Å². The fourth-order valence-corrected chi connectivity index (χ4v) is 5.00. The largest absolute Gasteiger partial charge is 0.508 e. The van der Waals surface area contributed by atoms with E-state index in [9.17, 15) is 9.50 Å². The number of fused-ring (bicyclic) bond motifs is 1. The predicted molar refractivity (Wildman–Crippen MR) is 104 cm³/mol. The molecule has 1 unspecified atom stereocenters. The second-order valence-corrected chi connectivity index (χ2v) is 8.35. The average Bonchev–Trinajstić information content (AvgIpc) is 3.21. The van der Waals surface area contributed by atoms with Crippen molar-refractivity contribution in [1.29, 1.82) is 0 Å². The number of aromatic hydroxyl groups is 1. The predicted octanol–water partition coefficient (Wildman–Crippen LogP) is 4.38. The van der Waals surface area contributed by atoms with Gasteiger partial charge in [-0.1, -0.05) is 0 Å². The maximum Gasteiger partial charge on any atom is 0.165 e. The summed E-state index contributed by atoms with van der Waals surface area (Å²) in [6, 6.07) is 12.0. The topological polar surface area (TPSA) is 41.9 Å². The lowest BCUT2D eigenvalue weighted by Gasteiger charge is -2.20. The number of nitrogens with zero attached hydrogens (tertiary/aromatic N) is 1.